The molecule has 0 spiro atoms. The Morgan fingerprint density at radius 1 is 1.58 bits per heavy atom. The van der Waals surface area contributed by atoms with Gasteiger partial charge in [0.1, 0.15) is 5.69 Å². The lowest BCUT2D eigenvalue weighted by Crippen LogP contribution is -2.38. The van der Waals surface area contributed by atoms with E-state index in [2.05, 4.69) is 10.4 Å². The van der Waals surface area contributed by atoms with Crippen LogP contribution in [0.2, 0.25) is 0 Å². The fourth-order valence-electron chi connectivity index (χ4n) is 1.71. The minimum atomic E-state index is -0.197. The predicted molar refractivity (Wildman–Crippen MR) is 78.6 cm³/mol. The Hall–Kier alpha value is -1.01. The fraction of sp³-hybridized carbons (Fsp3) is 0.692. The van der Waals surface area contributed by atoms with E-state index in [1.54, 1.807) is 23.5 Å². The average Bonchev–Trinajstić information content (AvgIpc) is 2.76. The average molecular weight is 285 g/mol. The van der Waals surface area contributed by atoms with Gasteiger partial charge in [0.2, 0.25) is 0 Å². The standard InChI is InChI=1S/C13H23N3O2S/c1-9(2)11-7-12(16(3)15-11)13(18)14-10(8-17)5-6-19-4/h7,9-10,17H,5-6,8H2,1-4H3,(H,14,18)/t10-/m0/s1. The van der Waals surface area contributed by atoms with Crippen LogP contribution in [0.5, 0.6) is 0 Å². The van der Waals surface area contributed by atoms with Crippen LogP contribution < -0.4 is 5.32 Å². The van der Waals surface area contributed by atoms with Gasteiger partial charge in [0.15, 0.2) is 0 Å². The first-order valence-electron chi connectivity index (χ1n) is 6.44. The lowest BCUT2D eigenvalue weighted by Gasteiger charge is -2.15. The SMILES string of the molecule is CSCC[C@@H](CO)NC(=O)c1cc(C(C)C)nn1C. The van der Waals surface area contributed by atoms with Gasteiger partial charge in [-0.3, -0.25) is 9.48 Å². The first kappa shape index (κ1) is 16.0. The molecule has 0 bridgehead atoms. The van der Waals surface area contributed by atoms with Gasteiger partial charge in [0, 0.05) is 7.05 Å². The molecule has 0 aliphatic carbocycles. The number of carbonyl (C=O) groups is 1. The van der Waals surface area contributed by atoms with Crippen molar-refractivity contribution in [1.29, 1.82) is 0 Å². The molecule has 0 saturated carbocycles. The summed E-state index contributed by atoms with van der Waals surface area (Å²) >= 11 is 1.70. The Morgan fingerprint density at radius 2 is 2.26 bits per heavy atom. The predicted octanol–water partition coefficient (Wildman–Crippen LogP) is 1.39. The van der Waals surface area contributed by atoms with Gasteiger partial charge < -0.3 is 10.4 Å². The number of aromatic nitrogens is 2. The van der Waals surface area contributed by atoms with Gasteiger partial charge in [0.05, 0.1) is 18.3 Å². The highest BCUT2D eigenvalue weighted by atomic mass is 32.2. The van der Waals surface area contributed by atoms with Gasteiger partial charge in [-0.15, -0.1) is 0 Å². The zero-order valence-electron chi connectivity index (χ0n) is 12.0. The molecule has 5 nitrogen and oxygen atoms in total. The van der Waals surface area contributed by atoms with E-state index in [-0.39, 0.29) is 24.5 Å². The summed E-state index contributed by atoms with van der Waals surface area (Å²) in [6.45, 7) is 4.04. The van der Waals surface area contributed by atoms with Crippen LogP contribution in [0.3, 0.4) is 0 Å². The molecule has 0 saturated heterocycles. The van der Waals surface area contributed by atoms with Crippen LogP contribution in [-0.2, 0) is 7.05 Å². The Balaban J connectivity index is 2.71. The summed E-state index contributed by atoms with van der Waals surface area (Å²) in [5, 5.41) is 16.4. The molecule has 1 heterocycles. The second-order valence-electron chi connectivity index (χ2n) is 4.87. The zero-order chi connectivity index (χ0) is 14.4. The largest absolute Gasteiger partial charge is 0.394 e. The van der Waals surface area contributed by atoms with Gasteiger partial charge in [-0.1, -0.05) is 13.8 Å². The molecule has 19 heavy (non-hydrogen) atoms. The maximum atomic E-state index is 12.1. The number of rotatable bonds is 7. The number of aliphatic hydroxyl groups is 1. The maximum Gasteiger partial charge on any atom is 0.269 e. The monoisotopic (exact) mass is 285 g/mol. The van der Waals surface area contributed by atoms with Crippen molar-refractivity contribution < 1.29 is 9.90 Å². The third-order valence-corrected chi connectivity index (χ3v) is 3.59. The molecule has 1 rings (SSSR count). The number of nitrogens with one attached hydrogen (secondary N) is 1. The number of amides is 1. The summed E-state index contributed by atoms with van der Waals surface area (Å²) in [6.07, 6.45) is 2.77. The number of hydrogen-bond donors (Lipinski definition) is 2. The third-order valence-electron chi connectivity index (χ3n) is 2.95. The molecular formula is C13H23N3O2S. The number of hydrogen-bond acceptors (Lipinski definition) is 4. The summed E-state index contributed by atoms with van der Waals surface area (Å²) in [4.78, 5) is 12.1. The van der Waals surface area contributed by atoms with Crippen molar-refractivity contribution in [2.75, 3.05) is 18.6 Å². The van der Waals surface area contributed by atoms with Gasteiger partial charge in [-0.25, -0.2) is 0 Å². The van der Waals surface area contributed by atoms with Crippen molar-refractivity contribution in [2.24, 2.45) is 7.05 Å². The highest BCUT2D eigenvalue weighted by molar-refractivity contribution is 7.98. The van der Waals surface area contributed by atoms with E-state index in [0.29, 0.717) is 5.69 Å². The molecule has 6 heteroatoms. The van der Waals surface area contributed by atoms with Crippen LogP contribution in [0.4, 0.5) is 0 Å². The number of nitrogens with zero attached hydrogens (tertiary/aromatic N) is 2. The maximum absolute atomic E-state index is 12.1. The Bertz CT molecular complexity index is 418. The molecule has 0 radical (unpaired) electrons. The van der Waals surface area contributed by atoms with Crippen LogP contribution in [0.15, 0.2) is 6.07 Å². The minimum absolute atomic E-state index is 0.0405. The smallest absolute Gasteiger partial charge is 0.269 e. The van der Waals surface area contributed by atoms with E-state index in [9.17, 15) is 9.90 Å². The van der Waals surface area contributed by atoms with E-state index < -0.39 is 0 Å². The summed E-state index contributed by atoms with van der Waals surface area (Å²) in [6, 6.07) is 1.61. The minimum Gasteiger partial charge on any atom is -0.394 e. The first-order valence-corrected chi connectivity index (χ1v) is 7.83. The summed E-state index contributed by atoms with van der Waals surface area (Å²) < 4.78 is 1.59. The van der Waals surface area contributed by atoms with E-state index >= 15 is 0 Å². The highest BCUT2D eigenvalue weighted by Gasteiger charge is 2.17. The van der Waals surface area contributed by atoms with Crippen molar-refractivity contribution in [3.8, 4) is 0 Å². The van der Waals surface area contributed by atoms with Gasteiger partial charge in [-0.2, -0.15) is 16.9 Å². The molecule has 0 aliphatic rings. The number of carbonyl (C=O) groups excluding carboxylic acids is 1. The molecule has 0 fully saturated rings. The lowest BCUT2D eigenvalue weighted by atomic mass is 10.1. The van der Waals surface area contributed by atoms with E-state index in [4.69, 9.17) is 0 Å². The van der Waals surface area contributed by atoms with E-state index in [1.165, 1.54) is 0 Å². The van der Waals surface area contributed by atoms with Crippen molar-refractivity contribution in [1.82, 2.24) is 15.1 Å². The molecule has 108 valence electrons. The van der Waals surface area contributed by atoms with Crippen LogP contribution in [0.1, 0.15) is 42.4 Å². The second kappa shape index (κ2) is 7.55. The second-order valence-corrected chi connectivity index (χ2v) is 5.85. The molecular weight excluding hydrogens is 262 g/mol. The summed E-state index contributed by atoms with van der Waals surface area (Å²) in [5.41, 5.74) is 1.43. The quantitative estimate of drug-likeness (QED) is 0.794. The van der Waals surface area contributed by atoms with Gasteiger partial charge >= 0.3 is 0 Å². The summed E-state index contributed by atoms with van der Waals surface area (Å²) in [7, 11) is 1.76. The van der Waals surface area contributed by atoms with Crippen molar-refractivity contribution in [3.63, 3.8) is 0 Å². The first-order chi connectivity index (χ1) is 8.99. The molecule has 0 aliphatic heterocycles. The van der Waals surface area contributed by atoms with Gasteiger partial charge in [-0.05, 0) is 30.4 Å². The topological polar surface area (TPSA) is 67.2 Å². The highest BCUT2D eigenvalue weighted by Crippen LogP contribution is 2.14. The van der Waals surface area contributed by atoms with Crippen molar-refractivity contribution in [3.05, 3.63) is 17.5 Å². The van der Waals surface area contributed by atoms with Crippen molar-refractivity contribution in [2.45, 2.75) is 32.2 Å². The van der Waals surface area contributed by atoms with Crippen LogP contribution in [-0.4, -0.2) is 45.5 Å². The number of thioether (sulfide) groups is 1. The molecule has 1 atom stereocenters. The molecule has 1 aromatic rings. The Kier molecular flexibility index (Phi) is 6.37. The van der Waals surface area contributed by atoms with Crippen LogP contribution in [0, 0.1) is 0 Å². The van der Waals surface area contributed by atoms with Crippen molar-refractivity contribution >= 4 is 17.7 Å². The summed E-state index contributed by atoms with van der Waals surface area (Å²) in [5.74, 6) is 1.02. The number of aliphatic hydroxyl groups excluding tert-OH is 1. The lowest BCUT2D eigenvalue weighted by molar-refractivity contribution is 0.0906. The molecule has 2 N–H and O–H groups in total. The molecule has 1 aromatic heterocycles. The van der Waals surface area contributed by atoms with E-state index in [0.717, 1.165) is 17.9 Å². The Labute approximate surface area is 118 Å². The third kappa shape index (κ3) is 4.54. The zero-order valence-corrected chi connectivity index (χ0v) is 12.8. The molecule has 1 amide bonds. The Morgan fingerprint density at radius 3 is 2.74 bits per heavy atom. The van der Waals surface area contributed by atoms with Crippen LogP contribution >= 0.6 is 11.8 Å². The normalized spacial score (nSPS) is 12.7. The molecule has 0 aromatic carbocycles. The van der Waals surface area contributed by atoms with Gasteiger partial charge in [0.25, 0.3) is 5.91 Å². The fourth-order valence-corrected chi connectivity index (χ4v) is 2.23. The molecule has 0 unspecified atom stereocenters. The number of aryl methyl sites for hydroxylation is 1. The van der Waals surface area contributed by atoms with Crippen LogP contribution in [0.25, 0.3) is 0 Å². The van der Waals surface area contributed by atoms with E-state index in [1.807, 2.05) is 26.2 Å².